The molecule has 0 saturated carbocycles. The largest absolute Gasteiger partial charge is 0.481 e. The first kappa shape index (κ1) is 20.8. The van der Waals surface area contributed by atoms with Gasteiger partial charge in [0.25, 0.3) is 5.91 Å². The van der Waals surface area contributed by atoms with Crippen LogP contribution in [0.2, 0.25) is 0 Å². The molecule has 0 bridgehead atoms. The summed E-state index contributed by atoms with van der Waals surface area (Å²) in [5.74, 6) is -0.185. The summed E-state index contributed by atoms with van der Waals surface area (Å²) in [6.07, 6.45) is -0.564. The Morgan fingerprint density at radius 1 is 1.07 bits per heavy atom. The van der Waals surface area contributed by atoms with Crippen molar-refractivity contribution in [1.82, 2.24) is 10.9 Å². The van der Waals surface area contributed by atoms with Gasteiger partial charge in [-0.3, -0.25) is 20.4 Å². The van der Waals surface area contributed by atoms with Crippen LogP contribution in [-0.2, 0) is 9.59 Å². The molecule has 1 unspecified atom stereocenters. The van der Waals surface area contributed by atoms with Crippen LogP contribution < -0.4 is 15.6 Å². The molecule has 2 N–H and O–H groups in total. The molecule has 5 nitrogen and oxygen atoms in total. The van der Waals surface area contributed by atoms with Crippen molar-refractivity contribution in [1.29, 1.82) is 0 Å². The molecule has 0 aromatic heterocycles. The van der Waals surface area contributed by atoms with Crippen LogP contribution in [-0.4, -0.2) is 23.7 Å². The van der Waals surface area contributed by atoms with Crippen LogP contribution in [0.3, 0.4) is 0 Å². The Hall–Kier alpha value is -2.54. The first-order chi connectivity index (χ1) is 12.8. The molecule has 0 spiro atoms. The van der Waals surface area contributed by atoms with E-state index in [4.69, 9.17) is 4.74 Å². The summed E-state index contributed by atoms with van der Waals surface area (Å²) in [5, 5.41) is 0. The number of ether oxygens (including phenoxy) is 1. The normalized spacial score (nSPS) is 11.6. The van der Waals surface area contributed by atoms with Crippen molar-refractivity contribution >= 4 is 23.6 Å². The maximum absolute atomic E-state index is 12.9. The number of benzene rings is 2. The Morgan fingerprint density at radius 3 is 2.44 bits per heavy atom. The summed E-state index contributed by atoms with van der Waals surface area (Å²) in [6, 6.07) is 11.5. The second-order valence-electron chi connectivity index (χ2n) is 6.10. The third kappa shape index (κ3) is 6.94. The molecule has 1 atom stereocenters. The van der Waals surface area contributed by atoms with E-state index in [2.05, 4.69) is 36.8 Å². The van der Waals surface area contributed by atoms with E-state index < -0.39 is 12.0 Å². The minimum absolute atomic E-state index is 0.269. The Kier molecular flexibility index (Phi) is 7.67. The minimum Gasteiger partial charge on any atom is -0.481 e. The fourth-order valence-corrected chi connectivity index (χ4v) is 3.08. The molecule has 2 rings (SSSR count). The Labute approximate surface area is 162 Å². The number of amides is 2. The van der Waals surface area contributed by atoms with Crippen molar-refractivity contribution in [3.05, 3.63) is 59.4 Å². The maximum atomic E-state index is 12.9. The van der Waals surface area contributed by atoms with Gasteiger partial charge in [-0.1, -0.05) is 6.07 Å². The Bertz CT molecular complexity index is 796. The van der Waals surface area contributed by atoms with Crippen LogP contribution in [0.15, 0.2) is 47.4 Å². The van der Waals surface area contributed by atoms with Gasteiger partial charge < -0.3 is 4.74 Å². The summed E-state index contributed by atoms with van der Waals surface area (Å²) in [4.78, 5) is 24.9. The van der Waals surface area contributed by atoms with Crippen LogP contribution in [0.25, 0.3) is 0 Å². The van der Waals surface area contributed by atoms with Crippen molar-refractivity contribution in [2.75, 3.05) is 5.75 Å². The van der Waals surface area contributed by atoms with Gasteiger partial charge in [0.1, 0.15) is 11.6 Å². The van der Waals surface area contributed by atoms with E-state index in [1.54, 1.807) is 18.7 Å². The van der Waals surface area contributed by atoms with Crippen LogP contribution >= 0.6 is 11.8 Å². The van der Waals surface area contributed by atoms with Gasteiger partial charge in [-0.25, -0.2) is 4.39 Å². The highest BCUT2D eigenvalue weighted by molar-refractivity contribution is 7.99. The zero-order valence-corrected chi connectivity index (χ0v) is 16.4. The van der Waals surface area contributed by atoms with Gasteiger partial charge in [-0.2, -0.15) is 0 Å². The van der Waals surface area contributed by atoms with Crippen LogP contribution in [0.1, 0.15) is 24.5 Å². The van der Waals surface area contributed by atoms with Gasteiger partial charge in [0.05, 0.1) is 0 Å². The number of carbonyl (C=O) groups excluding carboxylic acids is 2. The van der Waals surface area contributed by atoms with E-state index in [1.165, 1.54) is 35.4 Å². The van der Waals surface area contributed by atoms with Crippen molar-refractivity contribution in [2.24, 2.45) is 0 Å². The average Bonchev–Trinajstić information content (AvgIpc) is 2.64. The Balaban J connectivity index is 1.68. The molecule has 27 heavy (non-hydrogen) atoms. The number of carbonyl (C=O) groups is 2. The molecular weight excluding hydrogens is 367 g/mol. The highest BCUT2D eigenvalue weighted by atomic mass is 32.2. The lowest BCUT2D eigenvalue weighted by Gasteiger charge is -2.15. The van der Waals surface area contributed by atoms with Gasteiger partial charge in [0.2, 0.25) is 5.91 Å². The average molecular weight is 390 g/mol. The second kappa shape index (κ2) is 9.97. The lowest BCUT2D eigenvalue weighted by Crippen LogP contribution is -2.47. The molecule has 2 aromatic carbocycles. The van der Waals surface area contributed by atoms with Gasteiger partial charge in [0, 0.05) is 17.1 Å². The number of nitrogens with one attached hydrogen (secondary N) is 2. The molecule has 0 heterocycles. The molecule has 2 amide bonds. The first-order valence-corrected chi connectivity index (χ1v) is 9.54. The van der Waals surface area contributed by atoms with Crippen molar-refractivity contribution in [3.63, 3.8) is 0 Å². The molecular formula is C20H23FN2O3S. The molecule has 0 fully saturated rings. The van der Waals surface area contributed by atoms with Crippen molar-refractivity contribution < 1.29 is 18.7 Å². The third-order valence-corrected chi connectivity index (χ3v) is 4.89. The third-order valence-electron chi connectivity index (χ3n) is 3.90. The van der Waals surface area contributed by atoms with Crippen LogP contribution in [0, 0.1) is 19.7 Å². The molecule has 144 valence electrons. The van der Waals surface area contributed by atoms with E-state index >= 15 is 0 Å². The summed E-state index contributed by atoms with van der Waals surface area (Å²) < 4.78 is 18.2. The van der Waals surface area contributed by atoms with Crippen molar-refractivity contribution in [2.45, 2.75) is 38.2 Å². The van der Waals surface area contributed by atoms with E-state index in [-0.39, 0.29) is 18.1 Å². The molecule has 2 aromatic rings. The van der Waals surface area contributed by atoms with Gasteiger partial charge >= 0.3 is 0 Å². The predicted octanol–water partition coefficient (Wildman–Crippen LogP) is 3.54. The first-order valence-electron chi connectivity index (χ1n) is 8.56. The number of hydrazine groups is 1. The fourth-order valence-electron chi connectivity index (χ4n) is 2.13. The zero-order chi connectivity index (χ0) is 19.8. The number of hydrogen-bond donors (Lipinski definition) is 2. The number of aryl methyl sites for hydroxylation is 2. The van der Waals surface area contributed by atoms with Crippen LogP contribution in [0.5, 0.6) is 5.75 Å². The highest BCUT2D eigenvalue weighted by Gasteiger charge is 2.15. The maximum Gasteiger partial charge on any atom is 0.279 e. The lowest BCUT2D eigenvalue weighted by atomic mass is 10.1. The highest BCUT2D eigenvalue weighted by Crippen LogP contribution is 2.21. The molecule has 0 aliphatic rings. The standard InChI is InChI=1S/C20H23FN2O3S/c1-13-4-9-18(12-14(13)2)27-11-10-19(24)22-23-20(25)15(3)26-17-7-5-16(21)6-8-17/h4-9,12,15H,10-11H2,1-3H3,(H,22,24)(H,23,25). The molecule has 0 aliphatic carbocycles. The SMILES string of the molecule is Cc1ccc(SCCC(=O)NNC(=O)C(C)Oc2ccc(F)cc2)cc1C. The van der Waals surface area contributed by atoms with E-state index in [0.29, 0.717) is 11.5 Å². The van der Waals surface area contributed by atoms with Gasteiger partial charge in [0.15, 0.2) is 6.10 Å². The number of rotatable bonds is 7. The van der Waals surface area contributed by atoms with Crippen LogP contribution in [0.4, 0.5) is 4.39 Å². The number of hydrogen-bond acceptors (Lipinski definition) is 4. The Morgan fingerprint density at radius 2 is 1.78 bits per heavy atom. The monoisotopic (exact) mass is 390 g/mol. The smallest absolute Gasteiger partial charge is 0.279 e. The molecule has 0 radical (unpaired) electrons. The summed E-state index contributed by atoms with van der Waals surface area (Å²) in [7, 11) is 0. The topological polar surface area (TPSA) is 67.4 Å². The number of thioether (sulfide) groups is 1. The van der Waals surface area contributed by atoms with Gasteiger partial charge in [-0.05, 0) is 68.3 Å². The van der Waals surface area contributed by atoms with E-state index in [1.807, 2.05) is 6.07 Å². The molecule has 7 heteroatoms. The lowest BCUT2D eigenvalue weighted by molar-refractivity contribution is -0.132. The molecule has 0 aliphatic heterocycles. The number of halogens is 1. The van der Waals surface area contributed by atoms with E-state index in [9.17, 15) is 14.0 Å². The van der Waals surface area contributed by atoms with Crippen molar-refractivity contribution in [3.8, 4) is 5.75 Å². The zero-order valence-electron chi connectivity index (χ0n) is 15.5. The fraction of sp³-hybridized carbons (Fsp3) is 0.300. The van der Waals surface area contributed by atoms with Gasteiger partial charge in [-0.15, -0.1) is 11.8 Å². The summed E-state index contributed by atoms with van der Waals surface area (Å²) in [5.41, 5.74) is 7.15. The minimum atomic E-state index is -0.833. The quantitative estimate of drug-likeness (QED) is 0.561. The predicted molar refractivity (Wildman–Crippen MR) is 104 cm³/mol. The summed E-state index contributed by atoms with van der Waals surface area (Å²) >= 11 is 1.59. The van der Waals surface area contributed by atoms with E-state index in [0.717, 1.165) is 4.90 Å². The second-order valence-corrected chi connectivity index (χ2v) is 7.26. The summed E-state index contributed by atoms with van der Waals surface area (Å²) in [6.45, 7) is 5.65. The molecule has 0 saturated heterocycles.